The lowest BCUT2D eigenvalue weighted by atomic mass is 10.1. The molecule has 24 heavy (non-hydrogen) atoms. The number of benzene rings is 2. The molecule has 0 saturated carbocycles. The fourth-order valence-electron chi connectivity index (χ4n) is 2.39. The molecular weight excluding hydrogens is 304 g/mol. The van der Waals surface area contributed by atoms with E-state index in [9.17, 15) is 9.90 Å². The van der Waals surface area contributed by atoms with Gasteiger partial charge in [-0.2, -0.15) is 0 Å². The third kappa shape index (κ3) is 5.95. The van der Waals surface area contributed by atoms with Crippen molar-refractivity contribution in [1.82, 2.24) is 0 Å². The Balaban J connectivity index is 1.79. The third-order valence-corrected chi connectivity index (χ3v) is 3.73. The fourth-order valence-corrected chi connectivity index (χ4v) is 2.39. The highest BCUT2D eigenvalue weighted by Gasteiger charge is 2.19. The van der Waals surface area contributed by atoms with E-state index in [0.29, 0.717) is 12.2 Å². The number of ether oxygens (including phenoxy) is 2. The van der Waals surface area contributed by atoms with Crippen LogP contribution in [0, 0.1) is 6.92 Å². The summed E-state index contributed by atoms with van der Waals surface area (Å²) in [5.74, 6) is 0.476. The van der Waals surface area contributed by atoms with Crippen LogP contribution in [0.1, 0.15) is 31.7 Å². The maximum absolute atomic E-state index is 11.4. The van der Waals surface area contributed by atoms with Gasteiger partial charge in [-0.15, -0.1) is 0 Å². The van der Waals surface area contributed by atoms with Crippen molar-refractivity contribution in [2.75, 3.05) is 0 Å². The molecule has 0 spiro atoms. The molecule has 0 heterocycles. The standard InChI is InChI=1S/C20H24O4/c1-15-11-13-18(14-12-15)24-19(20(21)22)10-6-7-16(2)23-17-8-4-3-5-9-17/h3-5,8-9,11-14,16,19H,6-7,10H2,1-2H3,(H,21,22). The van der Waals surface area contributed by atoms with E-state index in [2.05, 4.69) is 0 Å². The Morgan fingerprint density at radius 3 is 2.21 bits per heavy atom. The summed E-state index contributed by atoms with van der Waals surface area (Å²) in [7, 11) is 0. The van der Waals surface area contributed by atoms with Gasteiger partial charge in [-0.05, 0) is 57.4 Å². The summed E-state index contributed by atoms with van der Waals surface area (Å²) >= 11 is 0. The first kappa shape index (κ1) is 17.9. The number of carbonyl (C=O) groups is 1. The molecule has 0 saturated heterocycles. The molecule has 0 aliphatic heterocycles. The second kappa shape index (κ2) is 8.96. The zero-order valence-electron chi connectivity index (χ0n) is 14.1. The molecule has 0 aliphatic rings. The van der Waals surface area contributed by atoms with E-state index in [4.69, 9.17) is 9.47 Å². The van der Waals surface area contributed by atoms with Gasteiger partial charge in [0.05, 0.1) is 6.10 Å². The van der Waals surface area contributed by atoms with Crippen molar-refractivity contribution in [3.05, 3.63) is 60.2 Å². The van der Waals surface area contributed by atoms with Gasteiger partial charge in [-0.25, -0.2) is 4.79 Å². The predicted octanol–water partition coefficient (Wildman–Crippen LogP) is 4.46. The smallest absolute Gasteiger partial charge is 0.344 e. The predicted molar refractivity (Wildman–Crippen MR) is 93.6 cm³/mol. The van der Waals surface area contributed by atoms with Crippen LogP contribution in [0.3, 0.4) is 0 Å². The number of hydrogen-bond donors (Lipinski definition) is 1. The Bertz CT molecular complexity index is 622. The van der Waals surface area contributed by atoms with Gasteiger partial charge in [0.2, 0.25) is 0 Å². The van der Waals surface area contributed by atoms with Gasteiger partial charge in [-0.1, -0.05) is 35.9 Å². The Labute approximate surface area is 143 Å². The normalized spacial score (nSPS) is 13.1. The number of aryl methyl sites for hydroxylation is 1. The van der Waals surface area contributed by atoms with E-state index in [-0.39, 0.29) is 6.10 Å². The van der Waals surface area contributed by atoms with Gasteiger partial charge in [0.25, 0.3) is 0 Å². The highest BCUT2D eigenvalue weighted by Crippen LogP contribution is 2.18. The lowest BCUT2D eigenvalue weighted by Gasteiger charge is -2.18. The summed E-state index contributed by atoms with van der Waals surface area (Å²) in [6, 6.07) is 17.0. The molecule has 1 N–H and O–H groups in total. The van der Waals surface area contributed by atoms with Crippen LogP contribution in [0.4, 0.5) is 0 Å². The molecule has 2 unspecified atom stereocenters. The van der Waals surface area contributed by atoms with Gasteiger partial charge in [0, 0.05) is 0 Å². The summed E-state index contributed by atoms with van der Waals surface area (Å²) in [5, 5.41) is 9.33. The molecule has 0 aromatic heterocycles. The summed E-state index contributed by atoms with van der Waals surface area (Å²) in [4.78, 5) is 11.4. The molecule has 0 aliphatic carbocycles. The van der Waals surface area contributed by atoms with E-state index < -0.39 is 12.1 Å². The van der Waals surface area contributed by atoms with Crippen LogP contribution in [-0.4, -0.2) is 23.3 Å². The van der Waals surface area contributed by atoms with Crippen LogP contribution in [0.2, 0.25) is 0 Å². The number of rotatable bonds is 9. The van der Waals surface area contributed by atoms with Gasteiger partial charge in [0.1, 0.15) is 11.5 Å². The zero-order chi connectivity index (χ0) is 17.4. The molecule has 128 valence electrons. The molecule has 4 heteroatoms. The minimum Gasteiger partial charge on any atom is -0.491 e. The lowest BCUT2D eigenvalue weighted by Crippen LogP contribution is -2.27. The van der Waals surface area contributed by atoms with Crippen molar-refractivity contribution in [2.45, 2.75) is 45.3 Å². The van der Waals surface area contributed by atoms with Crippen LogP contribution in [0.15, 0.2) is 54.6 Å². The maximum Gasteiger partial charge on any atom is 0.344 e. The van der Waals surface area contributed by atoms with Crippen LogP contribution in [0.5, 0.6) is 11.5 Å². The van der Waals surface area contributed by atoms with Crippen molar-refractivity contribution < 1.29 is 19.4 Å². The molecule has 0 fully saturated rings. The molecular formula is C20H24O4. The molecule has 0 bridgehead atoms. The number of carboxylic acid groups (broad SMARTS) is 1. The summed E-state index contributed by atoms with van der Waals surface area (Å²) in [5.41, 5.74) is 1.11. The zero-order valence-corrected chi connectivity index (χ0v) is 14.1. The fraction of sp³-hybridized carbons (Fsp3) is 0.350. The molecule has 4 nitrogen and oxygen atoms in total. The Kier molecular flexibility index (Phi) is 6.67. The van der Waals surface area contributed by atoms with Crippen LogP contribution < -0.4 is 9.47 Å². The molecule has 2 aromatic carbocycles. The Morgan fingerprint density at radius 2 is 1.58 bits per heavy atom. The van der Waals surface area contributed by atoms with Gasteiger partial charge in [-0.3, -0.25) is 0 Å². The van der Waals surface area contributed by atoms with Gasteiger partial charge >= 0.3 is 5.97 Å². The van der Waals surface area contributed by atoms with E-state index >= 15 is 0 Å². The molecule has 2 atom stereocenters. The first-order chi connectivity index (χ1) is 11.5. The Morgan fingerprint density at radius 1 is 0.958 bits per heavy atom. The van der Waals surface area contributed by atoms with Crippen molar-refractivity contribution in [1.29, 1.82) is 0 Å². The second-order valence-corrected chi connectivity index (χ2v) is 5.93. The minimum atomic E-state index is -0.938. The van der Waals surface area contributed by atoms with Crippen LogP contribution >= 0.6 is 0 Å². The number of para-hydroxylation sites is 1. The average Bonchev–Trinajstić information content (AvgIpc) is 2.56. The van der Waals surface area contributed by atoms with Crippen molar-refractivity contribution >= 4 is 5.97 Å². The molecule has 2 rings (SSSR count). The number of carboxylic acids is 1. The summed E-state index contributed by atoms with van der Waals surface area (Å²) in [6.07, 6.45) is 1.14. The van der Waals surface area contributed by atoms with Gasteiger partial charge < -0.3 is 14.6 Å². The minimum absolute atomic E-state index is 0.0289. The largest absolute Gasteiger partial charge is 0.491 e. The highest BCUT2D eigenvalue weighted by atomic mass is 16.5. The van der Waals surface area contributed by atoms with Crippen molar-refractivity contribution in [3.8, 4) is 11.5 Å². The van der Waals surface area contributed by atoms with Crippen LogP contribution in [-0.2, 0) is 4.79 Å². The van der Waals surface area contributed by atoms with Crippen molar-refractivity contribution in [2.24, 2.45) is 0 Å². The van der Waals surface area contributed by atoms with Crippen molar-refractivity contribution in [3.63, 3.8) is 0 Å². The number of hydrogen-bond acceptors (Lipinski definition) is 3. The second-order valence-electron chi connectivity index (χ2n) is 5.93. The molecule has 0 amide bonds. The monoisotopic (exact) mass is 328 g/mol. The van der Waals surface area contributed by atoms with E-state index in [1.54, 1.807) is 12.1 Å². The van der Waals surface area contributed by atoms with E-state index in [0.717, 1.165) is 24.2 Å². The van der Waals surface area contributed by atoms with E-state index in [1.807, 2.05) is 56.3 Å². The quantitative estimate of drug-likeness (QED) is 0.738. The first-order valence-corrected chi connectivity index (χ1v) is 8.22. The maximum atomic E-state index is 11.4. The lowest BCUT2D eigenvalue weighted by molar-refractivity contribution is -0.145. The van der Waals surface area contributed by atoms with E-state index in [1.165, 1.54) is 0 Å². The third-order valence-electron chi connectivity index (χ3n) is 3.73. The van der Waals surface area contributed by atoms with Crippen LogP contribution in [0.25, 0.3) is 0 Å². The molecule has 0 radical (unpaired) electrons. The molecule has 2 aromatic rings. The first-order valence-electron chi connectivity index (χ1n) is 8.22. The number of aliphatic carboxylic acids is 1. The summed E-state index contributed by atoms with van der Waals surface area (Å²) < 4.78 is 11.4. The summed E-state index contributed by atoms with van der Waals surface area (Å²) in [6.45, 7) is 3.97. The van der Waals surface area contributed by atoms with Gasteiger partial charge in [0.15, 0.2) is 6.10 Å². The topological polar surface area (TPSA) is 55.8 Å². The Hall–Kier alpha value is -2.49. The SMILES string of the molecule is Cc1ccc(OC(CCCC(C)Oc2ccccc2)C(=O)O)cc1. The highest BCUT2D eigenvalue weighted by molar-refractivity contribution is 5.72. The average molecular weight is 328 g/mol.